The SMILES string of the molecule is Cc1ccc(-n2nc([Si](C)(C)C)cc2NC(=O)Nc2ccc(Oc3ccnc(Nc4cccc(OCCN(C)C)c4)n3)c3ccccc23)cc1. The third kappa shape index (κ3) is 8.46. The number of nitrogens with one attached hydrogen (secondary N) is 3. The molecule has 0 saturated carbocycles. The second-order valence-electron chi connectivity index (χ2n) is 13.3. The third-order valence-corrected chi connectivity index (χ3v) is 9.65. The Kier molecular flexibility index (Phi) is 10.1. The Bertz CT molecular complexity index is 2110. The van der Waals surface area contributed by atoms with Gasteiger partial charge < -0.3 is 25.0 Å². The second kappa shape index (κ2) is 14.8. The van der Waals surface area contributed by atoms with E-state index < -0.39 is 8.07 Å². The average Bonchev–Trinajstić information content (AvgIpc) is 3.51. The lowest BCUT2D eigenvalue weighted by Gasteiger charge is -2.14. The molecule has 0 radical (unpaired) electrons. The van der Waals surface area contributed by atoms with Crippen molar-refractivity contribution >= 4 is 53.3 Å². The highest BCUT2D eigenvalue weighted by Gasteiger charge is 2.24. The minimum absolute atomic E-state index is 0.368. The molecule has 2 heterocycles. The van der Waals surface area contributed by atoms with Crippen molar-refractivity contribution in [3.8, 4) is 23.1 Å². The molecule has 6 rings (SSSR count). The normalized spacial score (nSPS) is 11.4. The Morgan fingerprint density at radius 3 is 2.42 bits per heavy atom. The lowest BCUT2D eigenvalue weighted by molar-refractivity contribution is 0.261. The first-order valence-electron chi connectivity index (χ1n) is 16.4. The highest BCUT2D eigenvalue weighted by molar-refractivity contribution is 6.88. The van der Waals surface area contributed by atoms with Crippen LogP contribution in [-0.4, -0.2) is 66.0 Å². The average molecular weight is 687 g/mol. The molecule has 0 fully saturated rings. The Morgan fingerprint density at radius 2 is 1.66 bits per heavy atom. The number of anilines is 4. The molecule has 11 nitrogen and oxygen atoms in total. The lowest BCUT2D eigenvalue weighted by Crippen LogP contribution is -2.39. The molecule has 3 N–H and O–H groups in total. The van der Waals surface area contributed by atoms with Crippen LogP contribution < -0.4 is 30.7 Å². The summed E-state index contributed by atoms with van der Waals surface area (Å²) in [5.74, 6) is 2.70. The number of aromatic nitrogens is 4. The van der Waals surface area contributed by atoms with Gasteiger partial charge in [0.1, 0.15) is 32.0 Å². The van der Waals surface area contributed by atoms with E-state index >= 15 is 0 Å². The van der Waals surface area contributed by atoms with Crippen molar-refractivity contribution < 1.29 is 14.3 Å². The number of carbonyl (C=O) groups excluding carboxylic acids is 1. The van der Waals surface area contributed by atoms with Gasteiger partial charge in [0.15, 0.2) is 0 Å². The van der Waals surface area contributed by atoms with Crippen LogP contribution in [0, 0.1) is 6.92 Å². The summed E-state index contributed by atoms with van der Waals surface area (Å²) in [4.78, 5) is 24.5. The number of nitrogens with zero attached hydrogens (tertiary/aromatic N) is 5. The molecule has 256 valence electrons. The summed E-state index contributed by atoms with van der Waals surface area (Å²) in [6, 6.07) is 30.4. The molecular formula is C38H42N8O3Si. The van der Waals surface area contributed by atoms with Gasteiger partial charge in [-0.25, -0.2) is 14.5 Å². The highest BCUT2D eigenvalue weighted by atomic mass is 28.3. The minimum atomic E-state index is -1.76. The van der Waals surface area contributed by atoms with Crippen LogP contribution in [0.5, 0.6) is 17.4 Å². The van der Waals surface area contributed by atoms with Crippen molar-refractivity contribution in [2.45, 2.75) is 26.6 Å². The predicted molar refractivity (Wildman–Crippen MR) is 204 cm³/mol. The van der Waals surface area contributed by atoms with Gasteiger partial charge in [-0.2, -0.15) is 10.1 Å². The monoisotopic (exact) mass is 686 g/mol. The standard InChI is InChI=1S/C38H42N8O3Si/c1-26-14-16-28(17-15-26)46-34(25-36(44-46)50(4,5)6)42-38(47)41-32-18-19-33(31-13-8-7-12-30(31)32)49-35-20-21-39-37(43-35)40-27-10-9-11-29(24-27)48-23-22-45(2)3/h7-21,24-25H,22-23H2,1-6H3,(H,39,40,43)(H2,41,42,47). The van der Waals surface area contributed by atoms with Crippen molar-refractivity contribution in [1.29, 1.82) is 0 Å². The molecule has 4 aromatic carbocycles. The summed E-state index contributed by atoms with van der Waals surface area (Å²) in [5, 5.41) is 16.8. The number of amides is 2. The lowest BCUT2D eigenvalue weighted by atomic mass is 10.1. The van der Waals surface area contributed by atoms with Crippen LogP contribution in [-0.2, 0) is 0 Å². The van der Waals surface area contributed by atoms with E-state index in [9.17, 15) is 4.79 Å². The largest absolute Gasteiger partial charge is 0.492 e. The number of rotatable bonds is 12. The van der Waals surface area contributed by atoms with E-state index in [1.54, 1.807) is 16.9 Å². The van der Waals surface area contributed by atoms with Crippen molar-refractivity contribution in [2.24, 2.45) is 0 Å². The van der Waals surface area contributed by atoms with Crippen LogP contribution in [0.4, 0.5) is 27.9 Å². The van der Waals surface area contributed by atoms with Crippen LogP contribution in [0.3, 0.4) is 0 Å². The van der Waals surface area contributed by atoms with Crippen LogP contribution in [0.25, 0.3) is 16.5 Å². The van der Waals surface area contributed by atoms with Crippen LogP contribution >= 0.6 is 0 Å². The number of hydrogen-bond acceptors (Lipinski definition) is 8. The summed E-state index contributed by atoms with van der Waals surface area (Å²) in [7, 11) is 2.26. The molecule has 0 spiro atoms. The van der Waals surface area contributed by atoms with E-state index in [0.717, 1.165) is 45.3 Å². The van der Waals surface area contributed by atoms with E-state index in [4.69, 9.17) is 14.6 Å². The Balaban J connectivity index is 1.18. The topological polar surface area (TPSA) is 118 Å². The molecule has 0 bridgehead atoms. The van der Waals surface area contributed by atoms with Crippen molar-refractivity contribution in [1.82, 2.24) is 24.6 Å². The van der Waals surface area contributed by atoms with Gasteiger partial charge in [0.05, 0.1) is 11.4 Å². The first-order valence-corrected chi connectivity index (χ1v) is 19.9. The zero-order chi connectivity index (χ0) is 35.3. The van der Waals surface area contributed by atoms with E-state index in [1.165, 1.54) is 0 Å². The number of likely N-dealkylation sites (N-methyl/N-ethyl adjacent to an activating group) is 1. The van der Waals surface area contributed by atoms with Crippen LogP contribution in [0.2, 0.25) is 19.6 Å². The summed E-state index contributed by atoms with van der Waals surface area (Å²) in [5.41, 5.74) is 3.46. The number of urea groups is 1. The number of carbonyl (C=O) groups is 1. The first kappa shape index (κ1) is 34.2. The van der Waals surface area contributed by atoms with Gasteiger partial charge in [-0.1, -0.05) is 67.7 Å². The molecule has 0 unspecified atom stereocenters. The van der Waals surface area contributed by atoms with Gasteiger partial charge >= 0.3 is 6.03 Å². The highest BCUT2D eigenvalue weighted by Crippen LogP contribution is 2.34. The van der Waals surface area contributed by atoms with Gasteiger partial charge in [-0.3, -0.25) is 5.32 Å². The van der Waals surface area contributed by atoms with Gasteiger partial charge in [0.25, 0.3) is 0 Å². The van der Waals surface area contributed by atoms with Gasteiger partial charge in [-0.05, 0) is 63.5 Å². The minimum Gasteiger partial charge on any atom is -0.492 e. The third-order valence-electron chi connectivity index (χ3n) is 7.87. The quantitative estimate of drug-likeness (QED) is 0.112. The predicted octanol–water partition coefficient (Wildman–Crippen LogP) is 7.79. The number of hydrogen-bond donors (Lipinski definition) is 3. The molecule has 6 aromatic rings. The molecular weight excluding hydrogens is 645 g/mol. The molecule has 0 aliphatic heterocycles. The van der Waals surface area contributed by atoms with E-state index in [-0.39, 0.29) is 6.03 Å². The Hall–Kier alpha value is -5.72. The number of benzene rings is 4. The van der Waals surface area contributed by atoms with Crippen LogP contribution in [0.15, 0.2) is 103 Å². The molecule has 50 heavy (non-hydrogen) atoms. The van der Waals surface area contributed by atoms with Crippen LogP contribution in [0.1, 0.15) is 5.56 Å². The molecule has 2 aromatic heterocycles. The smallest absolute Gasteiger partial charge is 0.324 e. The van der Waals surface area contributed by atoms with Gasteiger partial charge in [0, 0.05) is 46.7 Å². The van der Waals surface area contributed by atoms with E-state index in [0.29, 0.717) is 35.7 Å². The molecule has 0 aliphatic rings. The molecule has 0 atom stereocenters. The van der Waals surface area contributed by atoms with E-state index in [2.05, 4.69) is 50.5 Å². The maximum Gasteiger partial charge on any atom is 0.324 e. The fourth-order valence-electron chi connectivity index (χ4n) is 5.17. The maximum atomic E-state index is 13.5. The summed E-state index contributed by atoms with van der Waals surface area (Å²) >= 11 is 0. The van der Waals surface area contributed by atoms with Crippen molar-refractivity contribution in [3.05, 3.63) is 109 Å². The number of ether oxygens (including phenoxy) is 2. The maximum absolute atomic E-state index is 13.5. The fourth-order valence-corrected chi connectivity index (χ4v) is 6.14. The zero-order valence-electron chi connectivity index (χ0n) is 29.2. The summed E-state index contributed by atoms with van der Waals surface area (Å²) < 4.78 is 13.9. The molecule has 0 saturated heterocycles. The zero-order valence-corrected chi connectivity index (χ0v) is 30.2. The number of aryl methyl sites for hydroxylation is 1. The first-order chi connectivity index (χ1) is 24.0. The van der Waals surface area contributed by atoms with E-state index in [1.807, 2.05) is 112 Å². The Labute approximate surface area is 293 Å². The molecule has 12 heteroatoms. The Morgan fingerprint density at radius 1 is 0.880 bits per heavy atom. The van der Waals surface area contributed by atoms with Gasteiger partial charge in [0.2, 0.25) is 11.8 Å². The molecule has 0 aliphatic carbocycles. The fraction of sp³-hybridized carbons (Fsp3) is 0.211. The second-order valence-corrected chi connectivity index (χ2v) is 18.3. The summed E-state index contributed by atoms with van der Waals surface area (Å²) in [6.45, 7) is 10.1. The number of fused-ring (bicyclic) bond motifs is 1. The van der Waals surface area contributed by atoms with Gasteiger partial charge in [-0.15, -0.1) is 0 Å². The van der Waals surface area contributed by atoms with Crippen molar-refractivity contribution in [2.75, 3.05) is 43.2 Å². The summed E-state index contributed by atoms with van der Waals surface area (Å²) in [6.07, 6.45) is 1.64. The van der Waals surface area contributed by atoms with Crippen molar-refractivity contribution in [3.63, 3.8) is 0 Å². The molecule has 2 amide bonds.